The normalized spacial score (nSPS) is 23.8. The first-order valence-electron chi connectivity index (χ1n) is 8.75. The number of carbonyl (C=O) groups is 1. The fourth-order valence-corrected chi connectivity index (χ4v) is 3.48. The number of aryl methyl sites for hydroxylation is 2. The molecule has 1 aromatic carbocycles. The number of nitrogens with one attached hydrogen (secondary N) is 1. The molecule has 1 aliphatic rings. The van der Waals surface area contributed by atoms with Gasteiger partial charge in [0.25, 0.3) is 5.91 Å². The van der Waals surface area contributed by atoms with Crippen LogP contribution in [0.25, 0.3) is 10.9 Å². The number of amides is 1. The Balaban J connectivity index is 1.87. The van der Waals surface area contributed by atoms with E-state index in [-0.39, 0.29) is 18.4 Å². The summed E-state index contributed by atoms with van der Waals surface area (Å²) in [6.07, 6.45) is -1.77. The SMILES string of the molecule is CCN(C[C@@H]1COC[C@@H](O)[C@H]1O)C(=O)c1cccc2c(C)c(C)[nH]c12. The smallest absolute Gasteiger partial charge is 0.255 e. The minimum atomic E-state index is -0.898. The van der Waals surface area contributed by atoms with E-state index in [9.17, 15) is 15.0 Å². The average molecular weight is 346 g/mol. The fraction of sp³-hybridized carbons (Fsp3) is 0.526. The highest BCUT2D eigenvalue weighted by atomic mass is 16.5. The molecule has 136 valence electrons. The number of aliphatic hydroxyl groups is 2. The molecular formula is C19H26N2O4. The molecule has 0 saturated carbocycles. The van der Waals surface area contributed by atoms with Crippen molar-refractivity contribution < 1.29 is 19.7 Å². The molecule has 1 aromatic heterocycles. The van der Waals surface area contributed by atoms with Crippen LogP contribution < -0.4 is 0 Å². The van der Waals surface area contributed by atoms with Crippen LogP contribution >= 0.6 is 0 Å². The van der Waals surface area contributed by atoms with Gasteiger partial charge in [0.05, 0.1) is 30.4 Å². The van der Waals surface area contributed by atoms with Gasteiger partial charge in [-0.3, -0.25) is 4.79 Å². The molecular weight excluding hydrogens is 320 g/mol. The summed E-state index contributed by atoms with van der Waals surface area (Å²) in [7, 11) is 0. The quantitative estimate of drug-likeness (QED) is 0.785. The van der Waals surface area contributed by atoms with Gasteiger partial charge in [0, 0.05) is 30.1 Å². The van der Waals surface area contributed by atoms with Gasteiger partial charge in [-0.15, -0.1) is 0 Å². The van der Waals surface area contributed by atoms with E-state index in [0.717, 1.165) is 22.2 Å². The second-order valence-corrected chi connectivity index (χ2v) is 6.80. The summed E-state index contributed by atoms with van der Waals surface area (Å²) in [6.45, 7) is 7.30. The number of hydrogen-bond acceptors (Lipinski definition) is 4. The second-order valence-electron chi connectivity index (χ2n) is 6.80. The predicted molar refractivity (Wildman–Crippen MR) is 95.7 cm³/mol. The molecule has 1 fully saturated rings. The lowest BCUT2D eigenvalue weighted by Crippen LogP contribution is -2.49. The van der Waals surface area contributed by atoms with E-state index in [1.807, 2.05) is 39.0 Å². The molecule has 0 spiro atoms. The molecule has 1 saturated heterocycles. The number of para-hydroxylation sites is 1. The molecule has 1 amide bonds. The van der Waals surface area contributed by atoms with Gasteiger partial charge in [-0.2, -0.15) is 0 Å². The van der Waals surface area contributed by atoms with E-state index >= 15 is 0 Å². The number of fused-ring (bicyclic) bond motifs is 1. The van der Waals surface area contributed by atoms with Crippen LogP contribution in [0.3, 0.4) is 0 Å². The Hall–Kier alpha value is -1.89. The van der Waals surface area contributed by atoms with Crippen molar-refractivity contribution in [3.8, 4) is 0 Å². The number of aromatic nitrogens is 1. The molecule has 6 heteroatoms. The van der Waals surface area contributed by atoms with Crippen LogP contribution in [0.1, 0.15) is 28.5 Å². The lowest BCUT2D eigenvalue weighted by atomic mass is 9.95. The average Bonchev–Trinajstić information content (AvgIpc) is 2.90. The molecule has 3 rings (SSSR count). The summed E-state index contributed by atoms with van der Waals surface area (Å²) in [5.74, 6) is -0.374. The third-order valence-corrected chi connectivity index (χ3v) is 5.20. The van der Waals surface area contributed by atoms with Crippen LogP contribution in [0.4, 0.5) is 0 Å². The van der Waals surface area contributed by atoms with Crippen molar-refractivity contribution in [1.29, 1.82) is 0 Å². The van der Waals surface area contributed by atoms with Gasteiger partial charge < -0.3 is 24.8 Å². The molecule has 0 unspecified atom stereocenters. The number of benzene rings is 1. The third-order valence-electron chi connectivity index (χ3n) is 5.20. The largest absolute Gasteiger partial charge is 0.390 e. The van der Waals surface area contributed by atoms with Gasteiger partial charge >= 0.3 is 0 Å². The maximum absolute atomic E-state index is 13.1. The van der Waals surface area contributed by atoms with Gasteiger partial charge in [-0.25, -0.2) is 0 Å². The molecule has 0 aliphatic carbocycles. The highest BCUT2D eigenvalue weighted by molar-refractivity contribution is 6.06. The highest BCUT2D eigenvalue weighted by Crippen LogP contribution is 2.26. The number of ether oxygens (including phenoxy) is 1. The van der Waals surface area contributed by atoms with Crippen molar-refractivity contribution in [3.05, 3.63) is 35.0 Å². The Morgan fingerprint density at radius 2 is 2.08 bits per heavy atom. The Morgan fingerprint density at radius 1 is 1.32 bits per heavy atom. The van der Waals surface area contributed by atoms with Gasteiger partial charge in [0.15, 0.2) is 0 Å². The van der Waals surface area contributed by atoms with E-state index in [1.165, 1.54) is 0 Å². The van der Waals surface area contributed by atoms with Crippen molar-refractivity contribution >= 4 is 16.8 Å². The topological polar surface area (TPSA) is 85.8 Å². The van der Waals surface area contributed by atoms with Gasteiger partial charge in [-0.05, 0) is 32.4 Å². The predicted octanol–water partition coefficient (Wildman–Crippen LogP) is 1.62. The van der Waals surface area contributed by atoms with E-state index in [2.05, 4.69) is 4.98 Å². The molecule has 3 N–H and O–H groups in total. The first-order chi connectivity index (χ1) is 11.9. The molecule has 0 radical (unpaired) electrons. The van der Waals surface area contributed by atoms with Crippen LogP contribution in [-0.4, -0.2) is 64.5 Å². The Bertz CT molecular complexity index is 770. The Morgan fingerprint density at radius 3 is 2.80 bits per heavy atom. The first-order valence-corrected chi connectivity index (χ1v) is 8.75. The third kappa shape index (κ3) is 3.29. The van der Waals surface area contributed by atoms with Crippen molar-refractivity contribution in [3.63, 3.8) is 0 Å². The lowest BCUT2D eigenvalue weighted by molar-refractivity contribution is -0.123. The fourth-order valence-electron chi connectivity index (χ4n) is 3.48. The van der Waals surface area contributed by atoms with E-state index in [4.69, 9.17) is 4.74 Å². The highest BCUT2D eigenvalue weighted by Gasteiger charge is 2.33. The molecule has 0 bridgehead atoms. The zero-order chi connectivity index (χ0) is 18.1. The molecule has 25 heavy (non-hydrogen) atoms. The molecule has 3 atom stereocenters. The molecule has 2 heterocycles. The van der Waals surface area contributed by atoms with E-state index in [1.54, 1.807) is 4.90 Å². The number of hydrogen-bond donors (Lipinski definition) is 3. The standard InChI is InChI=1S/C19H26N2O4/c1-4-21(8-13-9-25-10-16(22)18(13)23)19(24)15-7-5-6-14-11(2)12(3)20-17(14)15/h5-7,13,16,18,20,22-23H,4,8-10H2,1-3H3/t13-,16-,18+/m1/s1. The number of H-pyrrole nitrogens is 1. The van der Waals surface area contributed by atoms with E-state index < -0.39 is 12.2 Å². The number of nitrogens with zero attached hydrogens (tertiary/aromatic N) is 1. The van der Waals surface area contributed by atoms with Crippen LogP contribution in [0, 0.1) is 19.8 Å². The van der Waals surface area contributed by atoms with Crippen molar-refractivity contribution in [2.75, 3.05) is 26.3 Å². The number of rotatable bonds is 4. The summed E-state index contributed by atoms with van der Waals surface area (Å²) < 4.78 is 5.33. The molecule has 2 aromatic rings. The zero-order valence-corrected chi connectivity index (χ0v) is 15.0. The van der Waals surface area contributed by atoms with Gasteiger partial charge in [0.2, 0.25) is 0 Å². The summed E-state index contributed by atoms with van der Waals surface area (Å²) in [5, 5.41) is 21.0. The zero-order valence-electron chi connectivity index (χ0n) is 15.0. The van der Waals surface area contributed by atoms with Crippen LogP contribution in [0.2, 0.25) is 0 Å². The van der Waals surface area contributed by atoms with Crippen molar-refractivity contribution in [2.45, 2.75) is 33.0 Å². The van der Waals surface area contributed by atoms with Crippen LogP contribution in [0.5, 0.6) is 0 Å². The van der Waals surface area contributed by atoms with E-state index in [0.29, 0.717) is 25.3 Å². The molecule has 6 nitrogen and oxygen atoms in total. The summed E-state index contributed by atoms with van der Waals surface area (Å²) in [5.41, 5.74) is 3.67. The van der Waals surface area contributed by atoms with Crippen LogP contribution in [0.15, 0.2) is 18.2 Å². The Labute approximate surface area is 147 Å². The number of aliphatic hydroxyl groups excluding tert-OH is 2. The van der Waals surface area contributed by atoms with Crippen molar-refractivity contribution in [2.24, 2.45) is 5.92 Å². The summed E-state index contributed by atoms with van der Waals surface area (Å²) >= 11 is 0. The van der Waals surface area contributed by atoms with Gasteiger partial charge in [-0.1, -0.05) is 12.1 Å². The maximum atomic E-state index is 13.1. The number of aromatic amines is 1. The first kappa shape index (κ1) is 17.9. The monoisotopic (exact) mass is 346 g/mol. The van der Waals surface area contributed by atoms with Crippen molar-refractivity contribution in [1.82, 2.24) is 9.88 Å². The molecule has 1 aliphatic heterocycles. The summed E-state index contributed by atoms with van der Waals surface area (Å²) in [6, 6.07) is 5.73. The lowest BCUT2D eigenvalue weighted by Gasteiger charge is -2.35. The van der Waals surface area contributed by atoms with Gasteiger partial charge in [0.1, 0.15) is 6.10 Å². The minimum Gasteiger partial charge on any atom is -0.390 e. The summed E-state index contributed by atoms with van der Waals surface area (Å²) in [4.78, 5) is 18.1. The Kier molecular flexibility index (Phi) is 5.13. The minimum absolute atomic E-state index is 0.0818. The second kappa shape index (κ2) is 7.15. The number of carbonyl (C=O) groups excluding carboxylic acids is 1. The maximum Gasteiger partial charge on any atom is 0.255 e. The van der Waals surface area contributed by atoms with Crippen LogP contribution in [-0.2, 0) is 4.74 Å².